The van der Waals surface area contributed by atoms with Crippen molar-refractivity contribution in [3.8, 4) is 0 Å². The summed E-state index contributed by atoms with van der Waals surface area (Å²) in [6.07, 6.45) is 1.58. The lowest BCUT2D eigenvalue weighted by molar-refractivity contribution is 0.0714. The van der Waals surface area contributed by atoms with E-state index in [0.717, 1.165) is 24.0 Å². The van der Waals surface area contributed by atoms with Gasteiger partial charge in [-0.1, -0.05) is 6.07 Å². The van der Waals surface area contributed by atoms with Crippen molar-refractivity contribution in [2.24, 2.45) is 5.73 Å². The second kappa shape index (κ2) is 7.70. The van der Waals surface area contributed by atoms with Crippen LogP contribution in [-0.2, 0) is 10.0 Å². The highest BCUT2D eigenvalue weighted by Gasteiger charge is 2.22. The molecule has 1 fully saturated rings. The summed E-state index contributed by atoms with van der Waals surface area (Å²) in [4.78, 5) is 14.4. The van der Waals surface area contributed by atoms with Gasteiger partial charge in [-0.2, -0.15) is 0 Å². The molecule has 0 aromatic heterocycles. The third-order valence-electron chi connectivity index (χ3n) is 5.00. The quantitative estimate of drug-likeness (QED) is 0.844. The highest BCUT2D eigenvalue weighted by molar-refractivity contribution is 7.92. The first-order valence-electron chi connectivity index (χ1n) is 9.01. The molecular weight excluding hydrogens is 362 g/mol. The molecule has 0 spiro atoms. The molecule has 7 heteroatoms. The van der Waals surface area contributed by atoms with E-state index in [1.54, 1.807) is 29.2 Å². The molecule has 1 heterocycles. The summed E-state index contributed by atoms with van der Waals surface area (Å²) in [5.74, 6) is -0.0898. The first-order chi connectivity index (χ1) is 12.8. The average molecular weight is 388 g/mol. The van der Waals surface area contributed by atoms with Crippen molar-refractivity contribution in [2.45, 2.75) is 37.6 Å². The number of hydrogen-bond acceptors (Lipinski definition) is 4. The van der Waals surface area contributed by atoms with Gasteiger partial charge in [-0.05, 0) is 74.2 Å². The van der Waals surface area contributed by atoms with Crippen LogP contribution in [0.15, 0.2) is 47.4 Å². The van der Waals surface area contributed by atoms with Crippen molar-refractivity contribution < 1.29 is 13.2 Å². The van der Waals surface area contributed by atoms with Crippen LogP contribution in [0, 0.1) is 13.8 Å². The number of likely N-dealkylation sites (tertiary alicyclic amines) is 1. The summed E-state index contributed by atoms with van der Waals surface area (Å²) >= 11 is 0. The Balaban J connectivity index is 1.73. The number of amides is 1. The lowest BCUT2D eigenvalue weighted by Crippen LogP contribution is -2.42. The molecule has 1 aliphatic heterocycles. The molecule has 1 amide bonds. The first-order valence-corrected chi connectivity index (χ1v) is 10.5. The molecule has 0 atom stereocenters. The standard InChI is InChI=1S/C20H25N3O3S/c1-14-3-6-18(13-15(14)2)22-27(25,26)19-7-4-16(5-8-19)20(24)23-11-9-17(21)10-12-23/h3-8,13,17,22H,9-12,21H2,1-2H3. The van der Waals surface area contributed by atoms with E-state index in [0.29, 0.717) is 24.3 Å². The zero-order valence-electron chi connectivity index (χ0n) is 15.6. The van der Waals surface area contributed by atoms with Crippen LogP contribution in [0.2, 0.25) is 0 Å². The number of hydrogen-bond donors (Lipinski definition) is 2. The lowest BCUT2D eigenvalue weighted by atomic mass is 10.1. The minimum Gasteiger partial charge on any atom is -0.339 e. The van der Waals surface area contributed by atoms with Gasteiger partial charge in [0.05, 0.1) is 4.90 Å². The maximum atomic E-state index is 12.6. The van der Waals surface area contributed by atoms with Gasteiger partial charge < -0.3 is 10.6 Å². The largest absolute Gasteiger partial charge is 0.339 e. The Labute approximate surface area is 160 Å². The average Bonchev–Trinajstić information content (AvgIpc) is 2.65. The molecule has 0 aliphatic carbocycles. The third-order valence-corrected chi connectivity index (χ3v) is 6.39. The molecule has 2 aromatic rings. The number of piperidine rings is 1. The summed E-state index contributed by atoms with van der Waals surface area (Å²) in [5, 5.41) is 0. The van der Waals surface area contributed by atoms with Gasteiger partial charge in [0, 0.05) is 30.4 Å². The fourth-order valence-corrected chi connectivity index (χ4v) is 4.13. The van der Waals surface area contributed by atoms with E-state index >= 15 is 0 Å². The van der Waals surface area contributed by atoms with E-state index in [1.807, 2.05) is 19.9 Å². The van der Waals surface area contributed by atoms with Gasteiger partial charge in [0.25, 0.3) is 15.9 Å². The Bertz CT molecular complexity index is 931. The van der Waals surface area contributed by atoms with Crippen LogP contribution in [-0.4, -0.2) is 38.4 Å². The SMILES string of the molecule is Cc1ccc(NS(=O)(=O)c2ccc(C(=O)N3CCC(N)CC3)cc2)cc1C. The zero-order chi connectivity index (χ0) is 19.6. The number of benzene rings is 2. The number of rotatable bonds is 4. The van der Waals surface area contributed by atoms with Crippen LogP contribution >= 0.6 is 0 Å². The smallest absolute Gasteiger partial charge is 0.261 e. The summed E-state index contributed by atoms with van der Waals surface area (Å²) in [6.45, 7) is 5.17. The third kappa shape index (κ3) is 4.48. The number of nitrogens with one attached hydrogen (secondary N) is 1. The highest BCUT2D eigenvalue weighted by atomic mass is 32.2. The Hall–Kier alpha value is -2.38. The summed E-state index contributed by atoms with van der Waals surface area (Å²) in [7, 11) is -3.71. The molecule has 1 aliphatic rings. The summed E-state index contributed by atoms with van der Waals surface area (Å²) in [6, 6.07) is 11.6. The van der Waals surface area contributed by atoms with Gasteiger partial charge in [-0.15, -0.1) is 0 Å². The Kier molecular flexibility index (Phi) is 5.53. The fourth-order valence-electron chi connectivity index (χ4n) is 3.08. The lowest BCUT2D eigenvalue weighted by Gasteiger charge is -2.30. The highest BCUT2D eigenvalue weighted by Crippen LogP contribution is 2.20. The van der Waals surface area contributed by atoms with Crippen LogP contribution in [0.5, 0.6) is 0 Å². The molecular formula is C20H25N3O3S. The second-order valence-electron chi connectivity index (χ2n) is 7.06. The Morgan fingerprint density at radius 2 is 1.67 bits per heavy atom. The number of aryl methyl sites for hydroxylation is 2. The molecule has 144 valence electrons. The number of anilines is 1. The van der Waals surface area contributed by atoms with Gasteiger partial charge in [0.15, 0.2) is 0 Å². The minimum atomic E-state index is -3.71. The molecule has 27 heavy (non-hydrogen) atoms. The molecule has 6 nitrogen and oxygen atoms in total. The van der Waals surface area contributed by atoms with Gasteiger partial charge in [-0.25, -0.2) is 8.42 Å². The maximum absolute atomic E-state index is 12.6. The van der Waals surface area contributed by atoms with Gasteiger partial charge >= 0.3 is 0 Å². The molecule has 1 saturated heterocycles. The molecule has 2 aromatic carbocycles. The Morgan fingerprint density at radius 3 is 2.26 bits per heavy atom. The summed E-state index contributed by atoms with van der Waals surface area (Å²) < 4.78 is 27.8. The van der Waals surface area contributed by atoms with E-state index in [-0.39, 0.29) is 16.8 Å². The molecule has 0 saturated carbocycles. The first kappa shape index (κ1) is 19.4. The summed E-state index contributed by atoms with van der Waals surface area (Å²) in [5.41, 5.74) is 8.98. The minimum absolute atomic E-state index is 0.0898. The second-order valence-corrected chi connectivity index (χ2v) is 8.74. The van der Waals surface area contributed by atoms with Crippen LogP contribution in [0.4, 0.5) is 5.69 Å². The normalized spacial score (nSPS) is 15.6. The topological polar surface area (TPSA) is 92.5 Å². The number of carbonyl (C=O) groups excluding carboxylic acids is 1. The van der Waals surface area contributed by atoms with E-state index < -0.39 is 10.0 Å². The number of nitrogens with zero attached hydrogens (tertiary/aromatic N) is 1. The van der Waals surface area contributed by atoms with Crippen LogP contribution in [0.1, 0.15) is 34.3 Å². The van der Waals surface area contributed by atoms with Crippen molar-refractivity contribution >= 4 is 21.6 Å². The van der Waals surface area contributed by atoms with Crippen LogP contribution < -0.4 is 10.5 Å². The zero-order valence-corrected chi connectivity index (χ0v) is 16.4. The van der Waals surface area contributed by atoms with E-state index in [4.69, 9.17) is 5.73 Å². The fraction of sp³-hybridized carbons (Fsp3) is 0.350. The van der Waals surface area contributed by atoms with Gasteiger partial charge in [0.2, 0.25) is 0 Å². The maximum Gasteiger partial charge on any atom is 0.261 e. The molecule has 3 rings (SSSR count). The predicted octanol–water partition coefficient (Wildman–Crippen LogP) is 2.67. The van der Waals surface area contributed by atoms with E-state index in [9.17, 15) is 13.2 Å². The molecule has 0 unspecified atom stereocenters. The van der Waals surface area contributed by atoms with Crippen molar-refractivity contribution in [1.82, 2.24) is 4.90 Å². The molecule has 0 radical (unpaired) electrons. The van der Waals surface area contributed by atoms with Crippen LogP contribution in [0.3, 0.4) is 0 Å². The number of nitrogens with two attached hydrogens (primary N) is 1. The van der Waals surface area contributed by atoms with Crippen LogP contribution in [0.25, 0.3) is 0 Å². The monoisotopic (exact) mass is 387 g/mol. The van der Waals surface area contributed by atoms with E-state index in [2.05, 4.69) is 4.72 Å². The number of carbonyl (C=O) groups is 1. The van der Waals surface area contributed by atoms with Crippen molar-refractivity contribution in [1.29, 1.82) is 0 Å². The van der Waals surface area contributed by atoms with E-state index in [1.165, 1.54) is 12.1 Å². The molecule has 0 bridgehead atoms. The van der Waals surface area contributed by atoms with Crippen molar-refractivity contribution in [3.05, 3.63) is 59.2 Å². The molecule has 3 N–H and O–H groups in total. The van der Waals surface area contributed by atoms with Crippen molar-refractivity contribution in [2.75, 3.05) is 17.8 Å². The number of sulfonamides is 1. The Morgan fingerprint density at radius 1 is 1.04 bits per heavy atom. The van der Waals surface area contributed by atoms with Gasteiger partial charge in [-0.3, -0.25) is 9.52 Å². The van der Waals surface area contributed by atoms with Crippen molar-refractivity contribution in [3.63, 3.8) is 0 Å². The predicted molar refractivity (Wildman–Crippen MR) is 106 cm³/mol. The van der Waals surface area contributed by atoms with Gasteiger partial charge in [0.1, 0.15) is 0 Å².